The molecule has 0 aromatic carbocycles. The summed E-state index contributed by atoms with van der Waals surface area (Å²) in [5.41, 5.74) is -0.572. The van der Waals surface area contributed by atoms with Gasteiger partial charge in [0.05, 0.1) is 6.61 Å². The number of carbonyl (C=O) groups excluding carboxylic acids is 1. The second-order valence-corrected chi connectivity index (χ2v) is 5.87. The minimum atomic E-state index is -0.572. The summed E-state index contributed by atoms with van der Waals surface area (Å²) in [5, 5.41) is 3.10. The van der Waals surface area contributed by atoms with Gasteiger partial charge in [0, 0.05) is 6.04 Å². The van der Waals surface area contributed by atoms with Crippen LogP contribution in [0.15, 0.2) is 0 Å². The van der Waals surface area contributed by atoms with Crippen molar-refractivity contribution in [2.24, 2.45) is 5.92 Å². The van der Waals surface area contributed by atoms with E-state index in [-0.39, 0.29) is 5.97 Å². The van der Waals surface area contributed by atoms with Crippen molar-refractivity contribution in [1.82, 2.24) is 10.2 Å². The zero-order chi connectivity index (χ0) is 15.1. The first-order valence-electron chi connectivity index (χ1n) is 7.34. The van der Waals surface area contributed by atoms with Crippen molar-refractivity contribution >= 4 is 5.97 Å². The van der Waals surface area contributed by atoms with Crippen molar-refractivity contribution in [3.8, 4) is 0 Å². The van der Waals surface area contributed by atoms with Crippen LogP contribution in [-0.2, 0) is 9.53 Å². The molecular formula is C15H32N2O2. The van der Waals surface area contributed by atoms with E-state index in [1.165, 1.54) is 0 Å². The monoisotopic (exact) mass is 272 g/mol. The molecule has 0 aromatic rings. The highest BCUT2D eigenvalue weighted by molar-refractivity contribution is 5.80. The van der Waals surface area contributed by atoms with Gasteiger partial charge >= 0.3 is 5.97 Å². The van der Waals surface area contributed by atoms with Crippen LogP contribution in [0.25, 0.3) is 0 Å². The normalized spacial score (nSPS) is 16.5. The molecule has 0 bridgehead atoms. The number of esters is 1. The Balaban J connectivity index is 4.25. The van der Waals surface area contributed by atoms with Crippen LogP contribution in [0.1, 0.15) is 47.5 Å². The van der Waals surface area contributed by atoms with Crippen molar-refractivity contribution in [1.29, 1.82) is 0 Å². The second-order valence-electron chi connectivity index (χ2n) is 5.87. The van der Waals surface area contributed by atoms with Gasteiger partial charge in [0.2, 0.25) is 0 Å². The maximum Gasteiger partial charge on any atom is 0.326 e. The van der Waals surface area contributed by atoms with Crippen LogP contribution in [0.4, 0.5) is 0 Å². The van der Waals surface area contributed by atoms with E-state index in [0.717, 1.165) is 19.4 Å². The Kier molecular flexibility index (Phi) is 8.26. The highest BCUT2D eigenvalue weighted by Gasteiger charge is 2.32. The fraction of sp³-hybridized carbons (Fsp3) is 0.933. The van der Waals surface area contributed by atoms with Crippen molar-refractivity contribution in [3.63, 3.8) is 0 Å². The van der Waals surface area contributed by atoms with E-state index in [0.29, 0.717) is 18.6 Å². The summed E-state index contributed by atoms with van der Waals surface area (Å²) in [5.74, 6) is 0.489. The minimum Gasteiger partial charge on any atom is -0.465 e. The third-order valence-electron chi connectivity index (χ3n) is 4.13. The maximum absolute atomic E-state index is 11.9. The third-order valence-corrected chi connectivity index (χ3v) is 4.13. The first kappa shape index (κ1) is 18.4. The summed E-state index contributed by atoms with van der Waals surface area (Å²) in [6.45, 7) is 11.9. The average Bonchev–Trinajstić information content (AvgIpc) is 2.37. The number of nitrogens with one attached hydrogen (secondary N) is 1. The Morgan fingerprint density at radius 3 is 2.37 bits per heavy atom. The van der Waals surface area contributed by atoms with E-state index in [9.17, 15) is 4.79 Å². The fourth-order valence-electron chi connectivity index (χ4n) is 2.01. The van der Waals surface area contributed by atoms with Gasteiger partial charge in [-0.05, 0) is 60.2 Å². The van der Waals surface area contributed by atoms with Crippen LogP contribution in [0, 0.1) is 5.92 Å². The summed E-state index contributed by atoms with van der Waals surface area (Å²) in [6.07, 6.45) is 1.77. The van der Waals surface area contributed by atoms with Gasteiger partial charge < -0.3 is 15.0 Å². The van der Waals surface area contributed by atoms with Crippen molar-refractivity contribution in [2.45, 2.75) is 59.0 Å². The number of hydrogen-bond donors (Lipinski definition) is 1. The Labute approximate surface area is 118 Å². The zero-order valence-electron chi connectivity index (χ0n) is 13.7. The zero-order valence-corrected chi connectivity index (χ0v) is 13.7. The maximum atomic E-state index is 11.9. The largest absolute Gasteiger partial charge is 0.465 e. The van der Waals surface area contributed by atoms with Crippen LogP contribution in [0.2, 0.25) is 0 Å². The Morgan fingerprint density at radius 2 is 1.95 bits per heavy atom. The van der Waals surface area contributed by atoms with Gasteiger partial charge in [-0.2, -0.15) is 0 Å². The van der Waals surface area contributed by atoms with Crippen LogP contribution in [0.3, 0.4) is 0 Å². The van der Waals surface area contributed by atoms with Crippen LogP contribution in [-0.4, -0.2) is 49.7 Å². The van der Waals surface area contributed by atoms with E-state index < -0.39 is 5.54 Å². The number of rotatable bonds is 9. The molecule has 0 aliphatic rings. The van der Waals surface area contributed by atoms with Crippen LogP contribution < -0.4 is 5.32 Å². The molecule has 114 valence electrons. The highest BCUT2D eigenvalue weighted by atomic mass is 16.5. The molecule has 0 aliphatic carbocycles. The molecule has 0 fully saturated rings. The molecule has 19 heavy (non-hydrogen) atoms. The molecule has 0 rings (SSSR count). The summed E-state index contributed by atoms with van der Waals surface area (Å²) in [6, 6.07) is 0.559. The van der Waals surface area contributed by atoms with Crippen LogP contribution >= 0.6 is 0 Å². The van der Waals surface area contributed by atoms with Gasteiger partial charge in [-0.25, -0.2) is 0 Å². The summed E-state index contributed by atoms with van der Waals surface area (Å²) in [4.78, 5) is 14.3. The predicted molar refractivity (Wildman–Crippen MR) is 80.3 cm³/mol. The predicted octanol–water partition coefficient (Wildman–Crippen LogP) is 2.28. The second kappa shape index (κ2) is 8.54. The lowest BCUT2D eigenvalue weighted by Crippen LogP contribution is -2.49. The molecule has 0 amide bonds. The molecule has 0 aliphatic heterocycles. The molecule has 0 spiro atoms. The van der Waals surface area contributed by atoms with Gasteiger partial charge in [0.15, 0.2) is 0 Å². The van der Waals surface area contributed by atoms with Crippen molar-refractivity contribution in [2.75, 3.05) is 27.2 Å². The van der Waals surface area contributed by atoms with Gasteiger partial charge in [0.25, 0.3) is 0 Å². The number of ether oxygens (including phenoxy) is 1. The lowest BCUT2D eigenvalue weighted by atomic mass is 9.95. The Hall–Kier alpha value is -0.610. The van der Waals surface area contributed by atoms with Gasteiger partial charge in [-0.15, -0.1) is 0 Å². The quantitative estimate of drug-likeness (QED) is 0.654. The molecule has 1 N–H and O–H groups in total. The van der Waals surface area contributed by atoms with Gasteiger partial charge in [-0.3, -0.25) is 4.79 Å². The minimum absolute atomic E-state index is 0.155. The summed E-state index contributed by atoms with van der Waals surface area (Å²) >= 11 is 0. The number of carbonyl (C=O) groups is 1. The first-order valence-corrected chi connectivity index (χ1v) is 7.34. The molecule has 0 saturated heterocycles. The fourth-order valence-corrected chi connectivity index (χ4v) is 2.01. The topological polar surface area (TPSA) is 41.6 Å². The molecule has 2 atom stereocenters. The molecular weight excluding hydrogens is 240 g/mol. The number of hydrogen-bond acceptors (Lipinski definition) is 4. The Bertz CT molecular complexity index is 269. The van der Waals surface area contributed by atoms with E-state index in [1.54, 1.807) is 0 Å². The van der Waals surface area contributed by atoms with Crippen molar-refractivity contribution < 1.29 is 9.53 Å². The number of likely N-dealkylation sites (N-methyl/N-ethyl adjacent to an activating group) is 1. The summed E-state index contributed by atoms with van der Waals surface area (Å²) < 4.78 is 5.13. The standard InChI is InChI=1S/C15H32N2O2/c1-8-19-14(18)15(5,16-6)10-9-11-17(7)13(4)12(2)3/h12-13,16H,8-11H2,1-7H3. The van der Waals surface area contributed by atoms with E-state index in [4.69, 9.17) is 4.74 Å². The van der Waals surface area contributed by atoms with E-state index in [2.05, 4.69) is 38.0 Å². The molecule has 2 unspecified atom stereocenters. The summed E-state index contributed by atoms with van der Waals surface area (Å²) in [7, 11) is 3.96. The lowest BCUT2D eigenvalue weighted by molar-refractivity contribution is -0.150. The molecule has 0 aromatic heterocycles. The average molecular weight is 272 g/mol. The number of nitrogens with zero attached hydrogens (tertiary/aromatic N) is 1. The van der Waals surface area contributed by atoms with E-state index in [1.807, 2.05) is 20.9 Å². The molecule has 0 radical (unpaired) electrons. The Morgan fingerprint density at radius 1 is 1.37 bits per heavy atom. The lowest BCUT2D eigenvalue weighted by Gasteiger charge is -2.30. The van der Waals surface area contributed by atoms with Gasteiger partial charge in [0.1, 0.15) is 5.54 Å². The van der Waals surface area contributed by atoms with Crippen molar-refractivity contribution in [3.05, 3.63) is 0 Å². The molecule has 4 heteroatoms. The third kappa shape index (κ3) is 5.91. The van der Waals surface area contributed by atoms with E-state index >= 15 is 0 Å². The van der Waals surface area contributed by atoms with Crippen LogP contribution in [0.5, 0.6) is 0 Å². The first-order chi connectivity index (χ1) is 8.78. The SMILES string of the molecule is CCOC(=O)C(C)(CCCN(C)C(C)C(C)C)NC. The molecule has 4 nitrogen and oxygen atoms in total. The smallest absolute Gasteiger partial charge is 0.326 e. The molecule has 0 heterocycles. The van der Waals surface area contributed by atoms with Gasteiger partial charge in [-0.1, -0.05) is 13.8 Å². The highest BCUT2D eigenvalue weighted by Crippen LogP contribution is 2.16. The molecule has 0 saturated carbocycles.